The first-order valence-corrected chi connectivity index (χ1v) is 11.3. The maximum absolute atomic E-state index is 13.3. The lowest BCUT2D eigenvalue weighted by molar-refractivity contribution is -0.120. The second-order valence-electron chi connectivity index (χ2n) is 7.28. The molecule has 7 heteroatoms. The van der Waals surface area contributed by atoms with E-state index in [9.17, 15) is 9.18 Å². The van der Waals surface area contributed by atoms with Crippen molar-refractivity contribution in [2.24, 2.45) is 0 Å². The molecule has 0 spiro atoms. The minimum absolute atomic E-state index is 0.0924. The fourth-order valence-corrected chi connectivity index (χ4v) is 4.27. The third kappa shape index (κ3) is 5.33. The van der Waals surface area contributed by atoms with Gasteiger partial charge in [-0.1, -0.05) is 41.9 Å². The summed E-state index contributed by atoms with van der Waals surface area (Å²) in [6.45, 7) is 2.05. The van der Waals surface area contributed by atoms with Crippen molar-refractivity contribution in [2.75, 3.05) is 11.4 Å². The van der Waals surface area contributed by atoms with E-state index in [1.807, 2.05) is 59.7 Å². The minimum atomic E-state index is -0.295. The highest BCUT2D eigenvalue weighted by molar-refractivity contribution is 7.14. The molecule has 4 aromatic rings. The molecule has 0 aliphatic heterocycles. The topological polar surface area (TPSA) is 45.2 Å². The van der Waals surface area contributed by atoms with E-state index in [0.29, 0.717) is 10.2 Å². The first kappa shape index (κ1) is 22.0. The number of nitrogens with zero attached hydrogens (tertiary/aromatic N) is 2. The van der Waals surface area contributed by atoms with Crippen LogP contribution in [0.4, 0.5) is 15.2 Å². The average Bonchev–Trinajstić information content (AvgIpc) is 3.29. The number of hydrogen-bond acceptors (Lipinski definition) is 4. The number of rotatable bonds is 7. The van der Waals surface area contributed by atoms with E-state index in [-0.39, 0.29) is 24.3 Å². The predicted octanol–water partition coefficient (Wildman–Crippen LogP) is 6.62. The molecule has 0 unspecified atom stereocenters. The van der Waals surface area contributed by atoms with Crippen molar-refractivity contribution in [2.45, 2.75) is 13.0 Å². The molecule has 1 amide bonds. The van der Waals surface area contributed by atoms with Crippen molar-refractivity contribution in [3.05, 3.63) is 101 Å². The summed E-state index contributed by atoms with van der Waals surface area (Å²) in [6.07, 6.45) is 0. The van der Waals surface area contributed by atoms with Crippen LogP contribution < -0.4 is 10.2 Å². The summed E-state index contributed by atoms with van der Waals surface area (Å²) >= 11 is 7.48. The Labute approximate surface area is 195 Å². The number of carbonyl (C=O) groups is 1. The third-order valence-corrected chi connectivity index (χ3v) is 6.10. The van der Waals surface area contributed by atoms with Crippen molar-refractivity contribution < 1.29 is 9.18 Å². The van der Waals surface area contributed by atoms with Crippen LogP contribution in [-0.2, 0) is 4.79 Å². The van der Waals surface area contributed by atoms with Crippen LogP contribution >= 0.6 is 22.9 Å². The summed E-state index contributed by atoms with van der Waals surface area (Å²) in [7, 11) is 0. The minimum Gasteiger partial charge on any atom is -0.348 e. The van der Waals surface area contributed by atoms with E-state index in [4.69, 9.17) is 16.6 Å². The molecule has 1 N–H and O–H groups in total. The molecule has 162 valence electrons. The smallest absolute Gasteiger partial charge is 0.240 e. The zero-order chi connectivity index (χ0) is 22.5. The number of aromatic nitrogens is 1. The summed E-state index contributed by atoms with van der Waals surface area (Å²) in [5.74, 6) is -0.425. The van der Waals surface area contributed by atoms with Crippen molar-refractivity contribution >= 4 is 39.7 Å². The molecule has 32 heavy (non-hydrogen) atoms. The van der Waals surface area contributed by atoms with Crippen LogP contribution in [0.5, 0.6) is 0 Å². The summed E-state index contributed by atoms with van der Waals surface area (Å²) in [4.78, 5) is 19.5. The Morgan fingerprint density at radius 3 is 2.44 bits per heavy atom. The third-order valence-electron chi connectivity index (χ3n) is 4.98. The Bertz CT molecular complexity index is 1180. The van der Waals surface area contributed by atoms with Gasteiger partial charge in [0.15, 0.2) is 5.13 Å². The normalized spacial score (nSPS) is 11.7. The predicted molar refractivity (Wildman–Crippen MR) is 129 cm³/mol. The molecule has 0 aliphatic carbocycles. The number of anilines is 2. The standard InChI is InChI=1S/C25H21ClFN3OS/c1-17(18-5-3-2-4-6-18)28-24(31)15-30(22-13-9-20(26)10-14-22)25-29-23(16-32-25)19-7-11-21(27)12-8-19/h2-14,16-17H,15H2,1H3,(H,28,31)/t17-/m1/s1. The molecule has 1 heterocycles. The van der Waals surface area contributed by atoms with Gasteiger partial charge in [-0.3, -0.25) is 4.79 Å². The fourth-order valence-electron chi connectivity index (χ4n) is 3.29. The van der Waals surface area contributed by atoms with Gasteiger partial charge >= 0.3 is 0 Å². The van der Waals surface area contributed by atoms with Crippen molar-refractivity contribution in [3.8, 4) is 11.3 Å². The van der Waals surface area contributed by atoms with Gasteiger partial charge in [-0.25, -0.2) is 9.37 Å². The van der Waals surface area contributed by atoms with Crippen LogP contribution in [0.25, 0.3) is 11.3 Å². The molecule has 4 rings (SSSR count). The van der Waals surface area contributed by atoms with Crippen LogP contribution in [0.2, 0.25) is 5.02 Å². The molecular weight excluding hydrogens is 445 g/mol. The van der Waals surface area contributed by atoms with Crippen LogP contribution in [-0.4, -0.2) is 17.4 Å². The van der Waals surface area contributed by atoms with Crippen molar-refractivity contribution in [1.82, 2.24) is 10.3 Å². The zero-order valence-corrected chi connectivity index (χ0v) is 18.9. The zero-order valence-electron chi connectivity index (χ0n) is 17.3. The maximum atomic E-state index is 13.3. The Balaban J connectivity index is 1.57. The molecule has 1 aromatic heterocycles. The van der Waals surface area contributed by atoms with E-state index in [1.165, 1.54) is 23.5 Å². The Hall–Kier alpha value is -3.22. The second kappa shape index (κ2) is 9.94. The number of amides is 1. The number of nitrogens with one attached hydrogen (secondary N) is 1. The first-order valence-electron chi connectivity index (χ1n) is 10.1. The summed E-state index contributed by atoms with van der Waals surface area (Å²) in [5.41, 5.74) is 3.37. The van der Waals surface area contributed by atoms with Crippen molar-refractivity contribution in [3.63, 3.8) is 0 Å². The van der Waals surface area contributed by atoms with E-state index in [2.05, 4.69) is 5.32 Å². The van der Waals surface area contributed by atoms with Gasteiger partial charge in [-0.2, -0.15) is 0 Å². The monoisotopic (exact) mass is 465 g/mol. The van der Waals surface area contributed by atoms with Gasteiger partial charge < -0.3 is 10.2 Å². The molecular formula is C25H21ClFN3OS. The summed E-state index contributed by atoms with van der Waals surface area (Å²) in [5, 5.41) is 6.22. The van der Waals surface area contributed by atoms with Crippen LogP contribution in [0.3, 0.4) is 0 Å². The summed E-state index contributed by atoms with van der Waals surface area (Å²) in [6, 6.07) is 23.2. The van der Waals surface area contributed by atoms with Gasteiger partial charge in [-0.15, -0.1) is 11.3 Å². The Morgan fingerprint density at radius 1 is 1.06 bits per heavy atom. The highest BCUT2D eigenvalue weighted by atomic mass is 35.5. The highest BCUT2D eigenvalue weighted by Crippen LogP contribution is 2.32. The first-order chi connectivity index (χ1) is 15.5. The maximum Gasteiger partial charge on any atom is 0.240 e. The molecule has 0 aliphatic rings. The second-order valence-corrected chi connectivity index (χ2v) is 8.56. The largest absolute Gasteiger partial charge is 0.348 e. The Kier molecular flexibility index (Phi) is 6.83. The average molecular weight is 466 g/mol. The number of halogens is 2. The number of thiazole rings is 1. The number of benzene rings is 3. The van der Waals surface area contributed by atoms with E-state index < -0.39 is 0 Å². The number of hydrogen-bond donors (Lipinski definition) is 1. The van der Waals surface area contributed by atoms with Gasteiger partial charge in [-0.05, 0) is 61.0 Å². The van der Waals surface area contributed by atoms with Gasteiger partial charge in [0.2, 0.25) is 5.91 Å². The van der Waals surface area contributed by atoms with Crippen molar-refractivity contribution in [1.29, 1.82) is 0 Å². The molecule has 0 saturated heterocycles. The van der Waals surface area contributed by atoms with E-state index in [1.54, 1.807) is 24.3 Å². The van der Waals surface area contributed by atoms with E-state index in [0.717, 1.165) is 22.5 Å². The number of carbonyl (C=O) groups excluding carboxylic acids is 1. The quantitative estimate of drug-likeness (QED) is 0.333. The van der Waals surface area contributed by atoms with Crippen LogP contribution in [0.1, 0.15) is 18.5 Å². The lowest BCUT2D eigenvalue weighted by atomic mass is 10.1. The molecule has 0 saturated carbocycles. The lowest BCUT2D eigenvalue weighted by Crippen LogP contribution is -2.36. The van der Waals surface area contributed by atoms with Gasteiger partial charge in [0.1, 0.15) is 12.4 Å². The van der Waals surface area contributed by atoms with Gasteiger partial charge in [0, 0.05) is 21.7 Å². The lowest BCUT2D eigenvalue weighted by Gasteiger charge is -2.23. The SMILES string of the molecule is C[C@@H](NC(=O)CN(c1ccc(Cl)cc1)c1nc(-c2ccc(F)cc2)cs1)c1ccccc1. The van der Waals surface area contributed by atoms with E-state index >= 15 is 0 Å². The molecule has 3 aromatic carbocycles. The van der Waals surface area contributed by atoms with Crippen LogP contribution in [0, 0.1) is 5.82 Å². The summed E-state index contributed by atoms with van der Waals surface area (Å²) < 4.78 is 13.3. The van der Waals surface area contributed by atoms with Gasteiger partial charge in [0.25, 0.3) is 0 Å². The molecule has 0 bridgehead atoms. The Morgan fingerprint density at radius 2 is 1.75 bits per heavy atom. The fraction of sp³-hybridized carbons (Fsp3) is 0.120. The molecule has 0 fully saturated rings. The molecule has 1 atom stereocenters. The molecule has 4 nitrogen and oxygen atoms in total. The van der Waals surface area contributed by atoms with Gasteiger partial charge in [0.05, 0.1) is 11.7 Å². The highest BCUT2D eigenvalue weighted by Gasteiger charge is 2.19. The van der Waals surface area contributed by atoms with Crippen LogP contribution in [0.15, 0.2) is 84.2 Å². The molecule has 0 radical (unpaired) electrons.